The Morgan fingerprint density at radius 3 is 0.464 bits per heavy atom. The molecule has 1 fully saturated rings. The third-order valence-corrected chi connectivity index (χ3v) is 15.7. The Kier molecular flexibility index (Phi) is 9.44. The summed E-state index contributed by atoms with van der Waals surface area (Å²) in [6.07, 6.45) is 0. The summed E-state index contributed by atoms with van der Waals surface area (Å²) in [7, 11) is -5.17. The van der Waals surface area contributed by atoms with Crippen LogP contribution in [0.1, 0.15) is 0 Å². The third kappa shape index (κ3) is 8.83. The average Bonchev–Trinajstić information content (AvgIpc) is 2.42. The number of hydrogen-bond donors (Lipinski definition) is 0. The molecule has 0 saturated carbocycles. The van der Waals surface area contributed by atoms with Crippen molar-refractivity contribution in [2.75, 3.05) is 52.4 Å². The highest BCUT2D eigenvalue weighted by molar-refractivity contribution is 6.75. The lowest BCUT2D eigenvalue weighted by atomic mass is 10.4. The van der Waals surface area contributed by atoms with Gasteiger partial charge in [0.05, 0.1) is 0 Å². The van der Waals surface area contributed by atoms with Crippen molar-refractivity contribution in [1.82, 2.24) is 18.3 Å². The Morgan fingerprint density at radius 2 is 0.393 bits per heavy atom. The van der Waals surface area contributed by atoms with E-state index >= 15 is 0 Å². The number of hydrogen-bond acceptors (Lipinski definition) is 4. The molecule has 0 radical (unpaired) electrons. The normalized spacial score (nSPS) is 22.7. The van der Waals surface area contributed by atoms with E-state index in [4.69, 9.17) is 0 Å². The first-order chi connectivity index (χ1) is 12.4. The second-order valence-corrected chi connectivity index (χ2v) is 32.5. The molecule has 168 valence electrons. The van der Waals surface area contributed by atoms with E-state index in [1.54, 1.807) is 0 Å². The largest absolute Gasteiger partial charge is 0.321 e. The Labute approximate surface area is 182 Å². The molecule has 28 heavy (non-hydrogen) atoms. The Bertz CT molecular complexity index is 371. The maximum Gasteiger partial charge on any atom is 0.119 e. The van der Waals surface area contributed by atoms with E-state index in [9.17, 15) is 0 Å². The van der Waals surface area contributed by atoms with E-state index in [-0.39, 0.29) is 0 Å². The number of nitrogens with zero attached hydrogens (tertiary/aromatic N) is 4. The van der Waals surface area contributed by atoms with Gasteiger partial charge in [0.2, 0.25) is 0 Å². The first kappa shape index (κ1) is 26.7. The molecule has 4 nitrogen and oxygen atoms in total. The van der Waals surface area contributed by atoms with Gasteiger partial charge >= 0.3 is 0 Å². The van der Waals surface area contributed by atoms with Crippen LogP contribution in [0, 0.1) is 0 Å². The van der Waals surface area contributed by atoms with Crippen molar-refractivity contribution < 1.29 is 0 Å². The minimum Gasteiger partial charge on any atom is -0.321 e. The minimum atomic E-state index is -1.29. The fourth-order valence-corrected chi connectivity index (χ4v) is 10.3. The van der Waals surface area contributed by atoms with Crippen LogP contribution in [0.2, 0.25) is 78.6 Å². The first-order valence-electron chi connectivity index (χ1n) is 11.4. The molecular weight excluding hydrogens is 409 g/mol. The van der Waals surface area contributed by atoms with Crippen LogP contribution in [0.5, 0.6) is 0 Å². The highest BCUT2D eigenvalue weighted by Crippen LogP contribution is 2.18. The molecule has 1 aliphatic rings. The molecule has 1 heterocycles. The fraction of sp³-hybridized carbons (Fsp3) is 1.00. The van der Waals surface area contributed by atoms with Crippen LogP contribution in [0.25, 0.3) is 0 Å². The van der Waals surface area contributed by atoms with Crippen molar-refractivity contribution in [2.24, 2.45) is 0 Å². The Balaban J connectivity index is 3.12. The lowest BCUT2D eigenvalue weighted by Crippen LogP contribution is -2.60. The summed E-state index contributed by atoms with van der Waals surface area (Å²) in [5.41, 5.74) is 0. The van der Waals surface area contributed by atoms with Gasteiger partial charge in [0.1, 0.15) is 32.9 Å². The zero-order valence-corrected chi connectivity index (χ0v) is 25.4. The monoisotopic (exact) mass is 460 g/mol. The van der Waals surface area contributed by atoms with Gasteiger partial charge in [-0.25, -0.2) is 0 Å². The highest BCUT2D eigenvalue weighted by atomic mass is 28.3. The van der Waals surface area contributed by atoms with Gasteiger partial charge in [-0.1, -0.05) is 78.6 Å². The van der Waals surface area contributed by atoms with Gasteiger partial charge in [0.15, 0.2) is 0 Å². The standard InChI is InChI=1S/C20H52N4Si4/c1-25(2,3)21-13-15-22(26(4,5)6)17-19-24(28(10,11)12)20-18-23(16-14-21)27(7,8)9/h13-20H2,1-12H3. The second kappa shape index (κ2) is 9.89. The van der Waals surface area contributed by atoms with Crippen LogP contribution in [0.15, 0.2) is 0 Å². The molecular formula is C20H52N4Si4. The molecule has 0 bridgehead atoms. The molecule has 0 N–H and O–H groups in total. The van der Waals surface area contributed by atoms with Crippen LogP contribution in [0.3, 0.4) is 0 Å². The van der Waals surface area contributed by atoms with E-state index in [1.807, 2.05) is 0 Å². The molecule has 0 amide bonds. The predicted molar refractivity (Wildman–Crippen MR) is 140 cm³/mol. The fourth-order valence-electron chi connectivity index (χ4n) is 4.10. The SMILES string of the molecule is C[Si](C)(C)N1CCN([Si](C)(C)C)CCN([Si](C)(C)C)CCN([Si](C)(C)C)CC1. The van der Waals surface area contributed by atoms with Crippen molar-refractivity contribution in [3.05, 3.63) is 0 Å². The second-order valence-electron chi connectivity index (χ2n) is 12.6. The maximum absolute atomic E-state index is 2.88. The van der Waals surface area contributed by atoms with Gasteiger partial charge in [0.25, 0.3) is 0 Å². The summed E-state index contributed by atoms with van der Waals surface area (Å²) < 4.78 is 11.5. The van der Waals surface area contributed by atoms with Gasteiger partial charge in [-0.2, -0.15) is 0 Å². The molecule has 1 aliphatic heterocycles. The summed E-state index contributed by atoms with van der Waals surface area (Å²) in [4.78, 5) is 0. The van der Waals surface area contributed by atoms with Crippen LogP contribution in [0.4, 0.5) is 0 Å². The summed E-state index contributed by atoms with van der Waals surface area (Å²) in [5, 5.41) is 0. The van der Waals surface area contributed by atoms with Crippen LogP contribution in [-0.2, 0) is 0 Å². The topological polar surface area (TPSA) is 13.0 Å². The van der Waals surface area contributed by atoms with Crippen LogP contribution < -0.4 is 0 Å². The summed E-state index contributed by atoms with van der Waals surface area (Å²) >= 11 is 0. The summed E-state index contributed by atoms with van der Waals surface area (Å²) in [6.45, 7) is 40.4. The molecule has 0 aliphatic carbocycles. The summed E-state index contributed by atoms with van der Waals surface area (Å²) in [6, 6.07) is 0. The highest BCUT2D eigenvalue weighted by Gasteiger charge is 2.33. The van der Waals surface area contributed by atoms with Crippen molar-refractivity contribution in [2.45, 2.75) is 78.6 Å². The molecule has 0 aromatic rings. The predicted octanol–water partition coefficient (Wildman–Crippen LogP) is 4.55. The van der Waals surface area contributed by atoms with Crippen molar-refractivity contribution in [1.29, 1.82) is 0 Å². The van der Waals surface area contributed by atoms with Gasteiger partial charge in [-0.05, 0) is 0 Å². The van der Waals surface area contributed by atoms with E-state index < -0.39 is 32.9 Å². The van der Waals surface area contributed by atoms with E-state index in [1.165, 1.54) is 52.4 Å². The van der Waals surface area contributed by atoms with Crippen molar-refractivity contribution in [3.8, 4) is 0 Å². The molecule has 0 aromatic carbocycles. The quantitative estimate of drug-likeness (QED) is 0.571. The molecule has 0 spiro atoms. The molecule has 0 aromatic heterocycles. The molecule has 8 heteroatoms. The van der Waals surface area contributed by atoms with E-state index in [0.717, 1.165) is 0 Å². The third-order valence-electron chi connectivity index (χ3n) is 6.35. The zero-order chi connectivity index (χ0) is 22.0. The Hall–Kier alpha value is 0.708. The van der Waals surface area contributed by atoms with Gasteiger partial charge in [-0.3, -0.25) is 0 Å². The zero-order valence-electron chi connectivity index (χ0n) is 21.4. The van der Waals surface area contributed by atoms with Crippen molar-refractivity contribution >= 4 is 32.9 Å². The lowest BCUT2D eigenvalue weighted by Gasteiger charge is -2.45. The molecule has 1 saturated heterocycles. The average molecular weight is 461 g/mol. The van der Waals surface area contributed by atoms with Crippen molar-refractivity contribution in [3.63, 3.8) is 0 Å². The van der Waals surface area contributed by atoms with E-state index in [2.05, 4.69) is 96.8 Å². The van der Waals surface area contributed by atoms with E-state index in [0.29, 0.717) is 0 Å². The molecule has 1 rings (SSSR count). The lowest BCUT2D eigenvalue weighted by molar-refractivity contribution is 0.263. The van der Waals surface area contributed by atoms with Gasteiger partial charge in [-0.15, -0.1) is 0 Å². The number of rotatable bonds is 4. The minimum absolute atomic E-state index is 1.26. The first-order valence-corrected chi connectivity index (χ1v) is 25.2. The van der Waals surface area contributed by atoms with Gasteiger partial charge < -0.3 is 18.3 Å². The van der Waals surface area contributed by atoms with Crippen LogP contribution in [-0.4, -0.2) is 104 Å². The molecule has 0 unspecified atom stereocenters. The molecule has 0 atom stereocenters. The smallest absolute Gasteiger partial charge is 0.119 e. The Morgan fingerprint density at radius 1 is 0.286 bits per heavy atom. The van der Waals surface area contributed by atoms with Crippen LogP contribution >= 0.6 is 0 Å². The van der Waals surface area contributed by atoms with Gasteiger partial charge in [0, 0.05) is 52.4 Å². The summed E-state index contributed by atoms with van der Waals surface area (Å²) in [5.74, 6) is 0. The maximum atomic E-state index is 2.88.